The first kappa shape index (κ1) is 9.16. The smallest absolute Gasteiger partial charge is 0.133 e. The number of benzene rings is 1. The fourth-order valence-corrected chi connectivity index (χ4v) is 2.79. The Morgan fingerprint density at radius 1 is 1.18 bits per heavy atom. The van der Waals surface area contributed by atoms with Crippen molar-refractivity contribution in [2.75, 3.05) is 5.32 Å². The lowest BCUT2D eigenvalue weighted by Crippen LogP contribution is -1.97. The van der Waals surface area contributed by atoms with E-state index in [0.29, 0.717) is 11.8 Å². The Morgan fingerprint density at radius 3 is 3.00 bits per heavy atom. The number of pyridine rings is 1. The van der Waals surface area contributed by atoms with Gasteiger partial charge in [-0.05, 0) is 47.6 Å². The van der Waals surface area contributed by atoms with E-state index in [0.717, 1.165) is 17.9 Å². The molecule has 1 saturated carbocycles. The molecule has 3 heteroatoms. The molecule has 0 unspecified atom stereocenters. The van der Waals surface area contributed by atoms with Crippen molar-refractivity contribution >= 4 is 11.5 Å². The number of hydrogen-bond donors (Lipinski definition) is 1. The Balaban J connectivity index is 1.93. The number of aromatic nitrogens is 1. The maximum atomic E-state index is 13.3. The van der Waals surface area contributed by atoms with Crippen LogP contribution < -0.4 is 5.32 Å². The third kappa shape index (κ3) is 1.28. The lowest BCUT2D eigenvalue weighted by atomic mass is 10.1. The minimum absolute atomic E-state index is 0.201. The summed E-state index contributed by atoms with van der Waals surface area (Å²) in [6.07, 6.45) is 2.92. The van der Waals surface area contributed by atoms with Crippen molar-refractivity contribution in [3.63, 3.8) is 0 Å². The fraction of sp³-hybridized carbons (Fsp3) is 0.214. The van der Waals surface area contributed by atoms with E-state index >= 15 is 0 Å². The molecule has 2 nitrogen and oxygen atoms in total. The highest BCUT2D eigenvalue weighted by Crippen LogP contribution is 2.59. The zero-order valence-corrected chi connectivity index (χ0v) is 9.15. The summed E-state index contributed by atoms with van der Waals surface area (Å²) in [7, 11) is 0. The summed E-state index contributed by atoms with van der Waals surface area (Å²) in [5, 5.41) is 3.25. The molecule has 2 aliphatic rings. The number of fused-ring (bicyclic) bond motifs is 5. The topological polar surface area (TPSA) is 24.9 Å². The van der Waals surface area contributed by atoms with Crippen LogP contribution in [-0.2, 0) is 0 Å². The molecule has 1 fully saturated rings. The number of nitrogens with zero attached hydrogens (tertiary/aromatic N) is 1. The zero-order chi connectivity index (χ0) is 11.4. The van der Waals surface area contributed by atoms with Gasteiger partial charge in [0.05, 0.1) is 0 Å². The van der Waals surface area contributed by atoms with Crippen molar-refractivity contribution in [3.05, 3.63) is 53.5 Å². The van der Waals surface area contributed by atoms with Gasteiger partial charge in [-0.2, -0.15) is 0 Å². The Kier molecular flexibility index (Phi) is 1.65. The molecule has 2 aromatic rings. The lowest BCUT2D eigenvalue weighted by Gasteiger charge is -2.10. The van der Waals surface area contributed by atoms with Gasteiger partial charge in [-0.15, -0.1) is 0 Å². The minimum Gasteiger partial charge on any atom is -0.340 e. The molecule has 4 rings (SSSR count). The van der Waals surface area contributed by atoms with Gasteiger partial charge in [0.2, 0.25) is 0 Å². The van der Waals surface area contributed by atoms with E-state index in [1.54, 1.807) is 18.3 Å². The second-order valence-electron chi connectivity index (χ2n) is 4.75. The number of nitrogens with one attached hydrogen (secondary N) is 1. The molecule has 0 bridgehead atoms. The van der Waals surface area contributed by atoms with Gasteiger partial charge in [0.15, 0.2) is 0 Å². The molecule has 1 aromatic heterocycles. The lowest BCUT2D eigenvalue weighted by molar-refractivity contribution is 0.627. The average molecular weight is 226 g/mol. The molecule has 0 amide bonds. The van der Waals surface area contributed by atoms with Crippen LogP contribution in [0.3, 0.4) is 0 Å². The molecule has 0 spiro atoms. The SMILES string of the molecule is Fc1ccc2c(c1)Nc1ncccc1[C@@H]1C[C@H]21. The predicted octanol–water partition coefficient (Wildman–Crippen LogP) is 3.55. The second kappa shape index (κ2) is 3.06. The molecule has 0 saturated heterocycles. The van der Waals surface area contributed by atoms with Crippen molar-refractivity contribution in [1.29, 1.82) is 0 Å². The number of halogens is 1. The van der Waals surface area contributed by atoms with Crippen LogP contribution >= 0.6 is 0 Å². The van der Waals surface area contributed by atoms with Crippen molar-refractivity contribution < 1.29 is 4.39 Å². The molecule has 1 N–H and O–H groups in total. The summed E-state index contributed by atoms with van der Waals surface area (Å²) >= 11 is 0. The third-order valence-electron chi connectivity index (χ3n) is 3.70. The predicted molar refractivity (Wildman–Crippen MR) is 64.0 cm³/mol. The van der Waals surface area contributed by atoms with Crippen LogP contribution in [0.25, 0.3) is 0 Å². The molecular formula is C14H11FN2. The molecule has 1 aromatic carbocycles. The quantitative estimate of drug-likeness (QED) is 0.743. The summed E-state index contributed by atoms with van der Waals surface area (Å²) in [6.45, 7) is 0. The fourth-order valence-electron chi connectivity index (χ4n) is 2.79. The van der Waals surface area contributed by atoms with E-state index in [1.165, 1.54) is 11.1 Å². The van der Waals surface area contributed by atoms with E-state index in [1.807, 2.05) is 12.1 Å². The summed E-state index contributed by atoms with van der Waals surface area (Å²) in [5.74, 6) is 1.76. The van der Waals surface area contributed by atoms with Crippen molar-refractivity contribution in [1.82, 2.24) is 4.98 Å². The van der Waals surface area contributed by atoms with Gasteiger partial charge in [0, 0.05) is 11.9 Å². The Hall–Kier alpha value is -1.90. The maximum Gasteiger partial charge on any atom is 0.133 e. The number of hydrogen-bond acceptors (Lipinski definition) is 2. The van der Waals surface area contributed by atoms with E-state index in [-0.39, 0.29) is 5.82 Å². The van der Waals surface area contributed by atoms with Gasteiger partial charge < -0.3 is 5.32 Å². The van der Waals surface area contributed by atoms with Crippen LogP contribution in [0.15, 0.2) is 36.5 Å². The maximum absolute atomic E-state index is 13.3. The normalized spacial score (nSPS) is 23.8. The molecule has 1 aliphatic heterocycles. The van der Waals surface area contributed by atoms with Crippen LogP contribution in [0, 0.1) is 5.82 Å². The van der Waals surface area contributed by atoms with E-state index in [9.17, 15) is 4.39 Å². The molecule has 2 heterocycles. The standard InChI is InChI=1S/C14H11FN2/c15-8-3-4-9-11-7-12(11)10-2-1-5-16-14(10)17-13(9)6-8/h1-6,11-12H,7H2,(H,16,17)/t11-,12+/m1/s1. The Bertz CT molecular complexity index is 609. The molecule has 1 aliphatic carbocycles. The van der Waals surface area contributed by atoms with Gasteiger partial charge in [0.25, 0.3) is 0 Å². The van der Waals surface area contributed by atoms with Gasteiger partial charge in [-0.1, -0.05) is 12.1 Å². The van der Waals surface area contributed by atoms with Crippen molar-refractivity contribution in [2.24, 2.45) is 0 Å². The highest BCUT2D eigenvalue weighted by molar-refractivity contribution is 5.69. The van der Waals surface area contributed by atoms with Gasteiger partial charge >= 0.3 is 0 Å². The summed E-state index contributed by atoms with van der Waals surface area (Å²) < 4.78 is 13.3. The van der Waals surface area contributed by atoms with Crippen LogP contribution in [0.5, 0.6) is 0 Å². The molecule has 84 valence electrons. The van der Waals surface area contributed by atoms with Crippen LogP contribution in [-0.4, -0.2) is 4.98 Å². The molecular weight excluding hydrogens is 215 g/mol. The zero-order valence-electron chi connectivity index (χ0n) is 9.15. The van der Waals surface area contributed by atoms with E-state index in [4.69, 9.17) is 0 Å². The van der Waals surface area contributed by atoms with Gasteiger partial charge in [0.1, 0.15) is 11.6 Å². The molecule has 17 heavy (non-hydrogen) atoms. The van der Waals surface area contributed by atoms with Crippen LogP contribution in [0.2, 0.25) is 0 Å². The summed E-state index contributed by atoms with van der Waals surface area (Å²) in [5.41, 5.74) is 3.35. The highest BCUT2D eigenvalue weighted by atomic mass is 19.1. The highest BCUT2D eigenvalue weighted by Gasteiger charge is 2.44. The van der Waals surface area contributed by atoms with Crippen molar-refractivity contribution in [2.45, 2.75) is 18.3 Å². The summed E-state index contributed by atoms with van der Waals surface area (Å²) in [6, 6.07) is 9.08. The summed E-state index contributed by atoms with van der Waals surface area (Å²) in [4.78, 5) is 4.35. The minimum atomic E-state index is -0.201. The first-order valence-corrected chi connectivity index (χ1v) is 5.84. The average Bonchev–Trinajstić information content (AvgIpc) is 3.09. The van der Waals surface area contributed by atoms with E-state index in [2.05, 4.69) is 16.4 Å². The Labute approximate surface area is 98.5 Å². The van der Waals surface area contributed by atoms with Crippen LogP contribution in [0.1, 0.15) is 29.4 Å². The van der Waals surface area contributed by atoms with Crippen molar-refractivity contribution in [3.8, 4) is 0 Å². The first-order valence-electron chi connectivity index (χ1n) is 5.84. The molecule has 0 radical (unpaired) electrons. The molecule has 2 atom stereocenters. The first-order chi connectivity index (χ1) is 8.33. The van der Waals surface area contributed by atoms with Gasteiger partial charge in [-0.25, -0.2) is 9.37 Å². The van der Waals surface area contributed by atoms with Crippen LogP contribution in [0.4, 0.5) is 15.9 Å². The number of anilines is 2. The Morgan fingerprint density at radius 2 is 2.06 bits per heavy atom. The largest absolute Gasteiger partial charge is 0.340 e. The third-order valence-corrected chi connectivity index (χ3v) is 3.70. The second-order valence-corrected chi connectivity index (χ2v) is 4.75. The van der Waals surface area contributed by atoms with E-state index < -0.39 is 0 Å². The van der Waals surface area contributed by atoms with Gasteiger partial charge in [-0.3, -0.25) is 0 Å². The monoisotopic (exact) mass is 226 g/mol. The number of rotatable bonds is 0.